The number of ether oxygens (including phenoxy) is 3. The van der Waals surface area contributed by atoms with Gasteiger partial charge in [-0.15, -0.1) is 0 Å². The molecule has 0 rings (SSSR count). The van der Waals surface area contributed by atoms with Crippen LogP contribution in [0.2, 0.25) is 0 Å². The van der Waals surface area contributed by atoms with E-state index in [0.29, 0.717) is 19.3 Å². The van der Waals surface area contributed by atoms with Crippen LogP contribution in [0, 0.1) is 0 Å². The molecule has 74 heavy (non-hydrogen) atoms. The highest BCUT2D eigenvalue weighted by Crippen LogP contribution is 2.17. The van der Waals surface area contributed by atoms with Crippen LogP contribution in [0.3, 0.4) is 0 Å². The first-order valence-corrected chi connectivity index (χ1v) is 32.3. The van der Waals surface area contributed by atoms with Crippen LogP contribution in [0.4, 0.5) is 0 Å². The quantitative estimate of drug-likeness (QED) is 0.0261. The first-order valence-electron chi connectivity index (χ1n) is 32.3. The number of allylic oxidation sites excluding steroid dienone is 10. The summed E-state index contributed by atoms with van der Waals surface area (Å²) in [6.07, 6.45) is 79.7. The summed E-state index contributed by atoms with van der Waals surface area (Å²) in [5.41, 5.74) is 0. The van der Waals surface area contributed by atoms with E-state index in [4.69, 9.17) is 14.2 Å². The zero-order chi connectivity index (χ0) is 53.6. The van der Waals surface area contributed by atoms with Gasteiger partial charge < -0.3 is 14.2 Å². The molecule has 430 valence electrons. The fourth-order valence-electron chi connectivity index (χ4n) is 9.43. The second kappa shape index (κ2) is 62.6. The Labute approximate surface area is 460 Å². The minimum atomic E-state index is -0.772. The van der Waals surface area contributed by atoms with E-state index < -0.39 is 6.10 Å². The fourth-order valence-corrected chi connectivity index (χ4v) is 9.43. The second-order valence-electron chi connectivity index (χ2n) is 21.6. The lowest BCUT2D eigenvalue weighted by Gasteiger charge is -2.18. The van der Waals surface area contributed by atoms with Gasteiger partial charge in [-0.3, -0.25) is 14.4 Å². The van der Waals surface area contributed by atoms with Gasteiger partial charge in [0.05, 0.1) is 0 Å². The van der Waals surface area contributed by atoms with Gasteiger partial charge >= 0.3 is 17.9 Å². The largest absolute Gasteiger partial charge is 0.462 e. The Bertz CT molecular complexity index is 1330. The van der Waals surface area contributed by atoms with E-state index >= 15 is 0 Å². The van der Waals surface area contributed by atoms with Crippen molar-refractivity contribution in [2.75, 3.05) is 13.2 Å². The van der Waals surface area contributed by atoms with E-state index in [0.717, 1.165) is 89.9 Å². The van der Waals surface area contributed by atoms with Crippen molar-refractivity contribution in [1.82, 2.24) is 0 Å². The maximum atomic E-state index is 12.8. The second-order valence-corrected chi connectivity index (χ2v) is 21.6. The molecule has 0 aromatic rings. The van der Waals surface area contributed by atoms with Crippen LogP contribution in [0.5, 0.6) is 0 Å². The summed E-state index contributed by atoms with van der Waals surface area (Å²) in [5, 5.41) is 0. The van der Waals surface area contributed by atoms with Gasteiger partial charge in [-0.25, -0.2) is 0 Å². The molecule has 0 N–H and O–H groups in total. The van der Waals surface area contributed by atoms with E-state index in [1.807, 2.05) is 0 Å². The van der Waals surface area contributed by atoms with Crippen molar-refractivity contribution >= 4 is 17.9 Å². The molecule has 1 unspecified atom stereocenters. The lowest BCUT2D eigenvalue weighted by Crippen LogP contribution is -2.30. The van der Waals surface area contributed by atoms with Crippen molar-refractivity contribution in [1.29, 1.82) is 0 Å². The molecule has 0 amide bonds. The molecule has 0 aliphatic carbocycles. The minimum Gasteiger partial charge on any atom is -0.462 e. The maximum Gasteiger partial charge on any atom is 0.306 e. The first-order chi connectivity index (χ1) is 36.5. The van der Waals surface area contributed by atoms with Crippen LogP contribution in [0.25, 0.3) is 0 Å². The summed E-state index contributed by atoms with van der Waals surface area (Å²) < 4.78 is 16.9. The topological polar surface area (TPSA) is 78.9 Å². The predicted molar refractivity (Wildman–Crippen MR) is 321 cm³/mol. The number of carbonyl (C=O) groups is 3. The molecular weight excluding hydrogens is 913 g/mol. The molecule has 0 aliphatic heterocycles. The number of hydrogen-bond donors (Lipinski definition) is 0. The van der Waals surface area contributed by atoms with Crippen LogP contribution in [0.15, 0.2) is 60.8 Å². The normalized spacial score (nSPS) is 12.4. The highest BCUT2D eigenvalue weighted by molar-refractivity contribution is 5.71. The smallest absolute Gasteiger partial charge is 0.306 e. The monoisotopic (exact) mass is 1030 g/mol. The standard InChI is InChI=1S/C68H122O6/c1-4-7-10-13-16-19-21-23-25-26-27-28-29-30-31-32-33-34-35-36-37-38-39-40-41-42-43-45-46-49-52-55-58-61-67(70)73-64-65(63-72-66(69)60-57-54-51-48-18-15-12-9-6-3)74-68(71)62-59-56-53-50-47-44-24-22-20-17-14-11-8-5-2/h7,10,16,19,22-25,27-28,65H,4-6,8-9,11-15,17-18,20-21,26,29-64H2,1-3H3/b10-7-,19-16-,24-22-,25-23-,28-27-. The summed E-state index contributed by atoms with van der Waals surface area (Å²) in [5.74, 6) is -0.866. The third-order valence-corrected chi connectivity index (χ3v) is 14.3. The van der Waals surface area contributed by atoms with E-state index in [2.05, 4.69) is 81.5 Å². The Morgan fingerprint density at radius 1 is 0.284 bits per heavy atom. The Kier molecular flexibility index (Phi) is 60.2. The summed E-state index contributed by atoms with van der Waals surface area (Å²) >= 11 is 0. The molecule has 6 nitrogen and oxygen atoms in total. The summed E-state index contributed by atoms with van der Waals surface area (Å²) in [6.45, 7) is 6.53. The molecule has 6 heteroatoms. The Morgan fingerprint density at radius 2 is 0.527 bits per heavy atom. The third kappa shape index (κ3) is 60.0. The third-order valence-electron chi connectivity index (χ3n) is 14.3. The van der Waals surface area contributed by atoms with Gasteiger partial charge in [-0.05, 0) is 83.5 Å². The number of carbonyl (C=O) groups excluding carboxylic acids is 3. The van der Waals surface area contributed by atoms with Gasteiger partial charge in [0.25, 0.3) is 0 Å². The van der Waals surface area contributed by atoms with Crippen molar-refractivity contribution in [2.24, 2.45) is 0 Å². The Morgan fingerprint density at radius 3 is 0.838 bits per heavy atom. The summed E-state index contributed by atoms with van der Waals surface area (Å²) in [7, 11) is 0. The Hall–Kier alpha value is -2.89. The van der Waals surface area contributed by atoms with Crippen molar-refractivity contribution in [2.45, 2.75) is 341 Å². The average molecular weight is 1040 g/mol. The molecule has 0 saturated heterocycles. The lowest BCUT2D eigenvalue weighted by atomic mass is 10.0. The Balaban J connectivity index is 4.02. The van der Waals surface area contributed by atoms with Gasteiger partial charge in [-0.2, -0.15) is 0 Å². The molecule has 0 bridgehead atoms. The average Bonchev–Trinajstić information content (AvgIpc) is 3.40. The predicted octanol–water partition coefficient (Wildman–Crippen LogP) is 21.9. The van der Waals surface area contributed by atoms with Crippen LogP contribution >= 0.6 is 0 Å². The number of hydrogen-bond acceptors (Lipinski definition) is 6. The maximum absolute atomic E-state index is 12.8. The first kappa shape index (κ1) is 71.1. The van der Waals surface area contributed by atoms with Crippen molar-refractivity contribution in [3.05, 3.63) is 60.8 Å². The molecule has 0 spiro atoms. The lowest BCUT2D eigenvalue weighted by molar-refractivity contribution is -0.167. The zero-order valence-electron chi connectivity index (χ0n) is 49.4. The molecule has 0 aliphatic rings. The molecular formula is C68H122O6. The van der Waals surface area contributed by atoms with Crippen LogP contribution in [0.1, 0.15) is 335 Å². The van der Waals surface area contributed by atoms with Crippen molar-refractivity contribution in [3.8, 4) is 0 Å². The molecule has 0 aromatic heterocycles. The fraction of sp³-hybridized carbons (Fsp3) is 0.809. The van der Waals surface area contributed by atoms with Gasteiger partial charge in [0, 0.05) is 19.3 Å². The van der Waals surface area contributed by atoms with E-state index in [1.165, 1.54) is 205 Å². The van der Waals surface area contributed by atoms with Gasteiger partial charge in [0.2, 0.25) is 0 Å². The SMILES string of the molecule is CC/C=C\C/C=C\C/C=C\C/C=C\CCCCCCCCCCCCCCCCCCCCCCC(=O)OCC(COC(=O)CCCCCCCCCCC)OC(=O)CCCCCCC/C=C\CCCCCCC. The zero-order valence-corrected chi connectivity index (χ0v) is 49.4. The molecule has 0 radical (unpaired) electrons. The van der Waals surface area contributed by atoms with Gasteiger partial charge in [0.15, 0.2) is 6.10 Å². The van der Waals surface area contributed by atoms with Gasteiger partial charge in [-0.1, -0.05) is 293 Å². The highest BCUT2D eigenvalue weighted by Gasteiger charge is 2.19. The summed E-state index contributed by atoms with van der Waals surface area (Å²) in [6, 6.07) is 0. The number of unbranched alkanes of at least 4 members (excludes halogenated alkanes) is 38. The number of esters is 3. The molecule has 0 fully saturated rings. The van der Waals surface area contributed by atoms with Crippen molar-refractivity contribution < 1.29 is 28.6 Å². The van der Waals surface area contributed by atoms with E-state index in [-0.39, 0.29) is 31.1 Å². The van der Waals surface area contributed by atoms with Gasteiger partial charge in [0.1, 0.15) is 13.2 Å². The van der Waals surface area contributed by atoms with E-state index in [1.54, 1.807) is 0 Å². The summed E-state index contributed by atoms with van der Waals surface area (Å²) in [4.78, 5) is 38.1. The minimum absolute atomic E-state index is 0.0720. The van der Waals surface area contributed by atoms with E-state index in [9.17, 15) is 14.4 Å². The molecule has 0 saturated carbocycles. The highest BCUT2D eigenvalue weighted by atomic mass is 16.6. The van der Waals surface area contributed by atoms with Crippen LogP contribution in [-0.4, -0.2) is 37.2 Å². The van der Waals surface area contributed by atoms with Crippen molar-refractivity contribution in [3.63, 3.8) is 0 Å². The molecule has 1 atom stereocenters. The van der Waals surface area contributed by atoms with Crippen LogP contribution < -0.4 is 0 Å². The van der Waals surface area contributed by atoms with Crippen LogP contribution in [-0.2, 0) is 28.6 Å². The number of rotatable bonds is 59. The molecule has 0 heterocycles. The molecule has 0 aromatic carbocycles.